The summed E-state index contributed by atoms with van der Waals surface area (Å²) in [5, 5.41) is 1.33. The second-order valence-corrected chi connectivity index (χ2v) is 13.3. The minimum atomic E-state index is -1.91. The molecule has 0 N–H and O–H groups in total. The van der Waals surface area contributed by atoms with Gasteiger partial charge in [0.15, 0.2) is 0 Å². The molecule has 0 spiro atoms. The highest BCUT2D eigenvalue weighted by Crippen LogP contribution is 2.41. The van der Waals surface area contributed by atoms with Crippen LogP contribution in [0.25, 0.3) is 6.08 Å². The number of methoxy groups -OCH3 is 2. The molecule has 2 aromatic rings. The van der Waals surface area contributed by atoms with Gasteiger partial charge in [-0.05, 0) is 33.9 Å². The van der Waals surface area contributed by atoms with Gasteiger partial charge in [-0.25, -0.2) is 0 Å². The van der Waals surface area contributed by atoms with Crippen molar-refractivity contribution in [2.24, 2.45) is 0 Å². The van der Waals surface area contributed by atoms with Crippen LogP contribution in [0.4, 0.5) is 0 Å². The predicted molar refractivity (Wildman–Crippen MR) is 114 cm³/mol. The van der Waals surface area contributed by atoms with Crippen LogP contribution in [-0.2, 0) is 5.41 Å². The molecule has 0 heterocycles. The Morgan fingerprint density at radius 2 is 1.65 bits per heavy atom. The van der Waals surface area contributed by atoms with E-state index in [1.807, 2.05) is 0 Å². The van der Waals surface area contributed by atoms with E-state index in [0.29, 0.717) is 5.54 Å². The largest absolute Gasteiger partial charge is 0.497 e. The van der Waals surface area contributed by atoms with E-state index in [0.717, 1.165) is 11.5 Å². The molecule has 1 aliphatic carbocycles. The number of hydrogen-bond donors (Lipinski definition) is 0. The van der Waals surface area contributed by atoms with Crippen molar-refractivity contribution in [3.8, 4) is 11.5 Å². The Morgan fingerprint density at radius 1 is 0.962 bits per heavy atom. The molecule has 0 radical (unpaired) electrons. The molecule has 3 rings (SSSR count). The standard InChI is InChI=1S/C23H30O2Si/c1-23(2,3)19-14-17(24-4)15-21(22(19)25-5)26(6,7)20-13-12-16-10-8-9-11-18(16)20/h8-15,20H,1-7H3. The Kier molecular flexibility index (Phi) is 4.78. The molecule has 0 saturated heterocycles. The maximum absolute atomic E-state index is 5.99. The summed E-state index contributed by atoms with van der Waals surface area (Å²) >= 11 is 0. The van der Waals surface area contributed by atoms with Crippen molar-refractivity contribution in [1.82, 2.24) is 0 Å². The molecule has 1 atom stereocenters. The maximum Gasteiger partial charge on any atom is 0.122 e. The lowest BCUT2D eigenvalue weighted by molar-refractivity contribution is 0.391. The van der Waals surface area contributed by atoms with Gasteiger partial charge in [0.05, 0.1) is 22.3 Å². The zero-order chi connectivity index (χ0) is 19.1. The van der Waals surface area contributed by atoms with E-state index < -0.39 is 8.07 Å². The lowest BCUT2D eigenvalue weighted by Crippen LogP contribution is -2.48. The summed E-state index contributed by atoms with van der Waals surface area (Å²) in [7, 11) is 1.63. The first-order valence-electron chi connectivity index (χ1n) is 9.24. The Morgan fingerprint density at radius 3 is 2.27 bits per heavy atom. The lowest BCUT2D eigenvalue weighted by atomic mass is 9.86. The molecule has 0 aliphatic heterocycles. The van der Waals surface area contributed by atoms with E-state index in [-0.39, 0.29) is 5.41 Å². The van der Waals surface area contributed by atoms with E-state index in [9.17, 15) is 0 Å². The smallest absolute Gasteiger partial charge is 0.122 e. The van der Waals surface area contributed by atoms with Crippen molar-refractivity contribution < 1.29 is 9.47 Å². The molecule has 138 valence electrons. The highest BCUT2D eigenvalue weighted by molar-refractivity contribution is 6.92. The van der Waals surface area contributed by atoms with Crippen molar-refractivity contribution >= 4 is 19.3 Å². The van der Waals surface area contributed by atoms with E-state index in [1.165, 1.54) is 21.9 Å². The van der Waals surface area contributed by atoms with Crippen molar-refractivity contribution in [1.29, 1.82) is 0 Å². The Bertz CT molecular complexity index is 844. The minimum Gasteiger partial charge on any atom is -0.497 e. The molecule has 2 nitrogen and oxygen atoms in total. The Labute approximate surface area is 158 Å². The number of allylic oxidation sites excluding steroid dienone is 1. The lowest BCUT2D eigenvalue weighted by Gasteiger charge is -2.34. The Balaban J connectivity index is 2.21. The van der Waals surface area contributed by atoms with Crippen LogP contribution < -0.4 is 14.7 Å². The topological polar surface area (TPSA) is 18.5 Å². The summed E-state index contributed by atoms with van der Waals surface area (Å²) in [6.07, 6.45) is 4.65. The van der Waals surface area contributed by atoms with Gasteiger partial charge in [0.2, 0.25) is 0 Å². The zero-order valence-corrected chi connectivity index (χ0v) is 18.0. The molecule has 1 unspecified atom stereocenters. The van der Waals surface area contributed by atoms with Crippen LogP contribution in [-0.4, -0.2) is 22.3 Å². The molecule has 0 amide bonds. The summed E-state index contributed by atoms with van der Waals surface area (Å²) in [5.41, 5.74) is 4.42. The predicted octanol–water partition coefficient (Wildman–Crippen LogP) is 5.27. The normalized spacial score (nSPS) is 16.5. The van der Waals surface area contributed by atoms with Crippen molar-refractivity contribution in [2.45, 2.75) is 44.8 Å². The van der Waals surface area contributed by atoms with Crippen molar-refractivity contribution in [2.75, 3.05) is 14.2 Å². The van der Waals surface area contributed by atoms with Gasteiger partial charge in [0.25, 0.3) is 0 Å². The maximum atomic E-state index is 5.99. The van der Waals surface area contributed by atoms with Gasteiger partial charge in [-0.2, -0.15) is 0 Å². The summed E-state index contributed by atoms with van der Waals surface area (Å²) in [6.45, 7) is 11.6. The number of hydrogen-bond acceptors (Lipinski definition) is 2. The molecular formula is C23H30O2Si. The molecule has 2 aromatic carbocycles. The van der Waals surface area contributed by atoms with Crippen LogP contribution in [0.1, 0.15) is 43.0 Å². The van der Waals surface area contributed by atoms with E-state index in [4.69, 9.17) is 9.47 Å². The van der Waals surface area contributed by atoms with Gasteiger partial charge < -0.3 is 9.47 Å². The molecular weight excluding hydrogens is 336 g/mol. The Hall–Kier alpha value is -2.00. The quantitative estimate of drug-likeness (QED) is 0.687. The van der Waals surface area contributed by atoms with Gasteiger partial charge in [-0.15, -0.1) is 0 Å². The van der Waals surface area contributed by atoms with Crippen LogP contribution >= 0.6 is 0 Å². The average Bonchev–Trinajstić information content (AvgIpc) is 3.04. The third-order valence-electron chi connectivity index (χ3n) is 5.58. The first-order valence-corrected chi connectivity index (χ1v) is 12.3. The van der Waals surface area contributed by atoms with Crippen molar-refractivity contribution in [3.05, 3.63) is 59.2 Å². The van der Waals surface area contributed by atoms with Crippen LogP contribution in [0.15, 0.2) is 42.5 Å². The van der Waals surface area contributed by atoms with E-state index in [1.54, 1.807) is 14.2 Å². The second-order valence-electron chi connectivity index (χ2n) is 8.69. The fraction of sp³-hybridized carbons (Fsp3) is 0.391. The summed E-state index contributed by atoms with van der Waals surface area (Å²) in [5.74, 6) is 1.95. The van der Waals surface area contributed by atoms with Gasteiger partial charge in [-0.3, -0.25) is 0 Å². The third kappa shape index (κ3) is 3.09. The van der Waals surface area contributed by atoms with Crippen LogP contribution in [0.5, 0.6) is 11.5 Å². The van der Waals surface area contributed by atoms with Crippen LogP contribution in [0.3, 0.4) is 0 Å². The molecule has 26 heavy (non-hydrogen) atoms. The van der Waals surface area contributed by atoms with Crippen LogP contribution in [0.2, 0.25) is 13.1 Å². The first kappa shape index (κ1) is 18.8. The highest BCUT2D eigenvalue weighted by Gasteiger charge is 2.40. The molecule has 0 bridgehead atoms. The summed E-state index contributed by atoms with van der Waals surface area (Å²) in [6, 6.07) is 13.1. The molecule has 0 aromatic heterocycles. The number of rotatable bonds is 4. The second kappa shape index (κ2) is 6.62. The number of fused-ring (bicyclic) bond motifs is 1. The fourth-order valence-electron chi connectivity index (χ4n) is 4.02. The SMILES string of the molecule is COc1cc(C(C)(C)C)c(OC)c([Si](C)(C)C2C=Cc3ccccc32)c1. The number of ether oxygens (including phenoxy) is 2. The van der Waals surface area contributed by atoms with Gasteiger partial charge in [0, 0.05) is 11.1 Å². The minimum absolute atomic E-state index is 0.0114. The monoisotopic (exact) mass is 366 g/mol. The summed E-state index contributed by atoms with van der Waals surface area (Å²) in [4.78, 5) is 0. The van der Waals surface area contributed by atoms with Gasteiger partial charge >= 0.3 is 0 Å². The summed E-state index contributed by atoms with van der Waals surface area (Å²) < 4.78 is 11.7. The molecule has 0 fully saturated rings. The first-order chi connectivity index (χ1) is 12.2. The average molecular weight is 367 g/mol. The van der Waals surface area contributed by atoms with Crippen molar-refractivity contribution in [3.63, 3.8) is 0 Å². The third-order valence-corrected chi connectivity index (χ3v) is 9.40. The van der Waals surface area contributed by atoms with E-state index in [2.05, 4.69) is 82.4 Å². The van der Waals surface area contributed by atoms with Gasteiger partial charge in [-0.1, -0.05) is 70.3 Å². The van der Waals surface area contributed by atoms with E-state index >= 15 is 0 Å². The number of benzene rings is 2. The highest BCUT2D eigenvalue weighted by atomic mass is 28.3. The van der Waals surface area contributed by atoms with Crippen LogP contribution in [0, 0.1) is 0 Å². The zero-order valence-electron chi connectivity index (χ0n) is 17.0. The molecule has 3 heteroatoms. The molecule has 0 saturated carbocycles. The fourth-order valence-corrected chi connectivity index (χ4v) is 7.31. The molecule has 1 aliphatic rings. The van der Waals surface area contributed by atoms with Gasteiger partial charge in [0.1, 0.15) is 11.5 Å².